The molecule has 0 bridgehead atoms. The Morgan fingerprint density at radius 3 is 2.52 bits per heavy atom. The van der Waals surface area contributed by atoms with E-state index in [1.165, 1.54) is 12.1 Å². The predicted molar refractivity (Wildman–Crippen MR) is 91.0 cm³/mol. The zero-order valence-corrected chi connectivity index (χ0v) is 14.6. The number of nitrogens with zero attached hydrogens (tertiary/aromatic N) is 1. The SMILES string of the molecule is CN=C(NCC(C)(C)c1ccc(F)cc1)NC1CCS(=O)(=O)C1. The van der Waals surface area contributed by atoms with Crippen LogP contribution < -0.4 is 10.6 Å². The maximum Gasteiger partial charge on any atom is 0.191 e. The Balaban J connectivity index is 1.93. The maximum atomic E-state index is 13.0. The van der Waals surface area contributed by atoms with Crippen molar-refractivity contribution < 1.29 is 12.8 Å². The number of guanidine groups is 1. The van der Waals surface area contributed by atoms with E-state index in [1.54, 1.807) is 19.2 Å². The van der Waals surface area contributed by atoms with Crippen LogP contribution in [0.3, 0.4) is 0 Å². The molecule has 0 radical (unpaired) electrons. The summed E-state index contributed by atoms with van der Waals surface area (Å²) in [5, 5.41) is 6.38. The number of nitrogens with one attached hydrogen (secondary N) is 2. The molecule has 1 atom stereocenters. The fraction of sp³-hybridized carbons (Fsp3) is 0.562. The summed E-state index contributed by atoms with van der Waals surface area (Å²) < 4.78 is 36.1. The quantitative estimate of drug-likeness (QED) is 0.642. The minimum atomic E-state index is -2.92. The van der Waals surface area contributed by atoms with Gasteiger partial charge in [-0.15, -0.1) is 0 Å². The van der Waals surface area contributed by atoms with Crippen molar-refractivity contribution in [3.05, 3.63) is 35.6 Å². The first kappa shape index (κ1) is 17.7. The number of benzene rings is 1. The van der Waals surface area contributed by atoms with Gasteiger partial charge in [0.2, 0.25) is 0 Å². The Bertz CT molecular complexity index is 669. The predicted octanol–water partition coefficient (Wildman–Crippen LogP) is 1.46. The topological polar surface area (TPSA) is 70.6 Å². The summed E-state index contributed by atoms with van der Waals surface area (Å²) in [6.45, 7) is 4.71. The van der Waals surface area contributed by atoms with Gasteiger partial charge in [0.1, 0.15) is 5.82 Å². The third-order valence-electron chi connectivity index (χ3n) is 4.12. The van der Waals surface area contributed by atoms with E-state index in [9.17, 15) is 12.8 Å². The van der Waals surface area contributed by atoms with Gasteiger partial charge in [0, 0.05) is 25.0 Å². The van der Waals surface area contributed by atoms with Gasteiger partial charge >= 0.3 is 0 Å². The van der Waals surface area contributed by atoms with E-state index in [-0.39, 0.29) is 28.8 Å². The van der Waals surface area contributed by atoms with Gasteiger partial charge < -0.3 is 10.6 Å². The highest BCUT2D eigenvalue weighted by Gasteiger charge is 2.29. The molecule has 7 heteroatoms. The summed E-state index contributed by atoms with van der Waals surface area (Å²) in [5.74, 6) is 0.706. The van der Waals surface area contributed by atoms with Gasteiger partial charge in [0.05, 0.1) is 11.5 Å². The molecule has 1 saturated heterocycles. The molecule has 1 aliphatic rings. The van der Waals surface area contributed by atoms with Crippen molar-refractivity contribution in [2.45, 2.75) is 31.7 Å². The first-order chi connectivity index (χ1) is 10.7. The van der Waals surface area contributed by atoms with Crippen molar-refractivity contribution in [3.8, 4) is 0 Å². The van der Waals surface area contributed by atoms with Crippen LogP contribution in [-0.4, -0.2) is 45.5 Å². The molecule has 1 aromatic rings. The van der Waals surface area contributed by atoms with E-state index < -0.39 is 9.84 Å². The number of sulfone groups is 1. The molecule has 1 fully saturated rings. The molecule has 128 valence electrons. The largest absolute Gasteiger partial charge is 0.356 e. The molecule has 5 nitrogen and oxygen atoms in total. The Kier molecular flexibility index (Phi) is 5.29. The van der Waals surface area contributed by atoms with E-state index in [0.717, 1.165) is 5.56 Å². The van der Waals surface area contributed by atoms with Gasteiger partial charge in [-0.2, -0.15) is 0 Å². The summed E-state index contributed by atoms with van der Waals surface area (Å²) in [5.41, 5.74) is 0.804. The highest BCUT2D eigenvalue weighted by molar-refractivity contribution is 7.91. The van der Waals surface area contributed by atoms with Crippen LogP contribution in [0.1, 0.15) is 25.8 Å². The van der Waals surface area contributed by atoms with E-state index in [1.807, 2.05) is 0 Å². The minimum Gasteiger partial charge on any atom is -0.356 e. The van der Waals surface area contributed by atoms with Crippen molar-refractivity contribution >= 4 is 15.8 Å². The molecule has 0 saturated carbocycles. The molecular weight excluding hydrogens is 317 g/mol. The molecule has 1 unspecified atom stereocenters. The molecule has 2 N–H and O–H groups in total. The van der Waals surface area contributed by atoms with Crippen LogP contribution in [0, 0.1) is 5.82 Å². The Labute approximate surface area is 137 Å². The van der Waals surface area contributed by atoms with Crippen LogP contribution in [0.15, 0.2) is 29.3 Å². The summed E-state index contributed by atoms with van der Waals surface area (Å²) in [6.07, 6.45) is 0.602. The smallest absolute Gasteiger partial charge is 0.191 e. The van der Waals surface area contributed by atoms with Gasteiger partial charge in [-0.3, -0.25) is 4.99 Å². The second-order valence-electron chi connectivity index (χ2n) is 6.56. The summed E-state index contributed by atoms with van der Waals surface area (Å²) in [4.78, 5) is 4.15. The number of halogens is 1. The lowest BCUT2D eigenvalue weighted by atomic mass is 9.84. The highest BCUT2D eigenvalue weighted by atomic mass is 32.2. The molecule has 1 aromatic carbocycles. The Morgan fingerprint density at radius 1 is 1.35 bits per heavy atom. The average molecular weight is 341 g/mol. The van der Waals surface area contributed by atoms with Crippen molar-refractivity contribution in [2.75, 3.05) is 25.1 Å². The summed E-state index contributed by atoms with van der Waals surface area (Å²) in [7, 11) is -1.26. The van der Waals surface area contributed by atoms with Crippen molar-refractivity contribution in [1.82, 2.24) is 10.6 Å². The van der Waals surface area contributed by atoms with E-state index in [4.69, 9.17) is 0 Å². The van der Waals surface area contributed by atoms with Crippen LogP contribution >= 0.6 is 0 Å². The van der Waals surface area contributed by atoms with Gasteiger partial charge in [-0.25, -0.2) is 12.8 Å². The summed E-state index contributed by atoms with van der Waals surface area (Å²) >= 11 is 0. The molecule has 23 heavy (non-hydrogen) atoms. The van der Waals surface area contributed by atoms with Crippen LogP contribution in [0.25, 0.3) is 0 Å². The zero-order chi connectivity index (χ0) is 17.1. The summed E-state index contributed by atoms with van der Waals surface area (Å²) in [6, 6.07) is 6.36. The molecular formula is C16H24FN3O2S. The van der Waals surface area contributed by atoms with Crippen LogP contribution in [0.2, 0.25) is 0 Å². The lowest BCUT2D eigenvalue weighted by molar-refractivity contribution is 0.503. The van der Waals surface area contributed by atoms with E-state index >= 15 is 0 Å². The van der Waals surface area contributed by atoms with Crippen molar-refractivity contribution in [2.24, 2.45) is 4.99 Å². The standard InChI is InChI=1S/C16H24FN3O2S/c1-16(2,12-4-6-13(17)7-5-12)11-19-15(18-3)20-14-8-9-23(21,22)10-14/h4-7,14H,8-11H2,1-3H3,(H2,18,19,20). The number of aliphatic imine (C=N–C) groups is 1. The first-order valence-corrected chi connectivity index (χ1v) is 9.48. The third-order valence-corrected chi connectivity index (χ3v) is 5.89. The number of rotatable bonds is 4. The van der Waals surface area contributed by atoms with Crippen LogP contribution in [0.5, 0.6) is 0 Å². The Hall–Kier alpha value is -1.63. The second kappa shape index (κ2) is 6.86. The van der Waals surface area contributed by atoms with Crippen LogP contribution in [-0.2, 0) is 15.3 Å². The van der Waals surface area contributed by atoms with Gasteiger partial charge in [0.25, 0.3) is 0 Å². The van der Waals surface area contributed by atoms with E-state index in [0.29, 0.717) is 18.9 Å². The molecule has 1 aliphatic heterocycles. The molecule has 2 rings (SSSR count). The maximum absolute atomic E-state index is 13.0. The van der Waals surface area contributed by atoms with Crippen molar-refractivity contribution in [3.63, 3.8) is 0 Å². The highest BCUT2D eigenvalue weighted by Crippen LogP contribution is 2.22. The molecule has 0 aliphatic carbocycles. The first-order valence-electron chi connectivity index (χ1n) is 7.65. The fourth-order valence-corrected chi connectivity index (χ4v) is 4.28. The molecule has 0 amide bonds. The molecule has 1 heterocycles. The second-order valence-corrected chi connectivity index (χ2v) is 8.79. The number of hydrogen-bond donors (Lipinski definition) is 2. The third kappa shape index (κ3) is 4.92. The monoisotopic (exact) mass is 341 g/mol. The van der Waals surface area contributed by atoms with Crippen molar-refractivity contribution in [1.29, 1.82) is 0 Å². The fourth-order valence-electron chi connectivity index (χ4n) is 2.60. The molecule has 0 spiro atoms. The molecule has 0 aromatic heterocycles. The van der Waals surface area contributed by atoms with Gasteiger partial charge in [0.15, 0.2) is 15.8 Å². The average Bonchev–Trinajstić information content (AvgIpc) is 2.83. The Morgan fingerprint density at radius 2 is 2.00 bits per heavy atom. The normalized spacial score (nSPS) is 21.2. The number of hydrogen-bond acceptors (Lipinski definition) is 3. The van der Waals surface area contributed by atoms with Gasteiger partial charge in [-0.1, -0.05) is 26.0 Å². The van der Waals surface area contributed by atoms with E-state index in [2.05, 4.69) is 29.5 Å². The van der Waals surface area contributed by atoms with Gasteiger partial charge in [-0.05, 0) is 24.1 Å². The minimum absolute atomic E-state index is 0.0971. The van der Waals surface area contributed by atoms with Crippen LogP contribution in [0.4, 0.5) is 4.39 Å². The lowest BCUT2D eigenvalue weighted by Crippen LogP contribution is -2.47. The lowest BCUT2D eigenvalue weighted by Gasteiger charge is -2.27. The zero-order valence-electron chi connectivity index (χ0n) is 13.8.